The van der Waals surface area contributed by atoms with Crippen molar-refractivity contribution in [2.24, 2.45) is 0 Å². The van der Waals surface area contributed by atoms with Crippen molar-refractivity contribution >= 4 is 5.91 Å². The van der Waals surface area contributed by atoms with Gasteiger partial charge in [0.15, 0.2) is 0 Å². The summed E-state index contributed by atoms with van der Waals surface area (Å²) in [6, 6.07) is 8.87. The topological polar surface area (TPSA) is 93.2 Å². The first kappa shape index (κ1) is 16.9. The van der Waals surface area contributed by atoms with Gasteiger partial charge in [-0.1, -0.05) is 0 Å². The molecule has 0 aliphatic rings. The summed E-state index contributed by atoms with van der Waals surface area (Å²) in [6.45, 7) is 5.30. The second kappa shape index (κ2) is 6.52. The molecule has 3 rings (SSSR count). The maximum atomic E-state index is 12.5. The third-order valence-electron chi connectivity index (χ3n) is 4.00. The van der Waals surface area contributed by atoms with Gasteiger partial charge >= 0.3 is 0 Å². The number of hydrogen-bond acceptors (Lipinski definition) is 5. The van der Waals surface area contributed by atoms with Gasteiger partial charge < -0.3 is 14.8 Å². The highest BCUT2D eigenvalue weighted by Crippen LogP contribution is 2.22. The summed E-state index contributed by atoms with van der Waals surface area (Å²) in [5.41, 5.74) is 0.886. The smallest absolute Gasteiger partial charge is 0.251 e. The zero-order chi connectivity index (χ0) is 18.0. The fourth-order valence-corrected chi connectivity index (χ4v) is 2.55. The van der Waals surface area contributed by atoms with Crippen molar-refractivity contribution in [3.63, 3.8) is 0 Å². The van der Waals surface area contributed by atoms with Crippen LogP contribution < -0.4 is 5.32 Å². The molecule has 25 heavy (non-hydrogen) atoms. The lowest BCUT2D eigenvalue weighted by Gasteiger charge is -2.21. The average Bonchev–Trinajstić information content (AvgIpc) is 3.24. The molecule has 0 aliphatic carbocycles. The zero-order valence-electron chi connectivity index (χ0n) is 14.4. The highest BCUT2D eigenvalue weighted by atomic mass is 16.4. The molecule has 0 radical (unpaired) electrons. The molecule has 7 heteroatoms. The molecule has 2 heterocycles. The quantitative estimate of drug-likeness (QED) is 0.742. The number of hydrogen-bond donors (Lipinski definition) is 2. The molecule has 0 spiro atoms. The van der Waals surface area contributed by atoms with E-state index in [0.29, 0.717) is 17.1 Å². The van der Waals surface area contributed by atoms with Gasteiger partial charge in [0.2, 0.25) is 0 Å². The summed E-state index contributed by atoms with van der Waals surface area (Å²) < 4.78 is 7.07. The van der Waals surface area contributed by atoms with Crippen molar-refractivity contribution < 1.29 is 14.3 Å². The second-order valence-corrected chi connectivity index (χ2v) is 6.21. The Labute approximate surface area is 145 Å². The number of rotatable bonds is 5. The molecule has 2 N–H and O–H groups in total. The summed E-state index contributed by atoms with van der Waals surface area (Å²) >= 11 is 0. The summed E-state index contributed by atoms with van der Waals surface area (Å²) in [7, 11) is 0. The number of aromatic nitrogens is 3. The van der Waals surface area contributed by atoms with E-state index in [9.17, 15) is 9.90 Å². The minimum absolute atomic E-state index is 0.0447. The van der Waals surface area contributed by atoms with Crippen molar-refractivity contribution in [2.75, 3.05) is 6.54 Å². The lowest BCUT2D eigenvalue weighted by atomic mass is 10.0. The third-order valence-corrected chi connectivity index (χ3v) is 4.00. The molecule has 0 bridgehead atoms. The summed E-state index contributed by atoms with van der Waals surface area (Å²) in [5.74, 6) is 0.871. The van der Waals surface area contributed by atoms with E-state index in [-0.39, 0.29) is 12.5 Å². The van der Waals surface area contributed by atoms with Crippen LogP contribution in [0.4, 0.5) is 0 Å². The molecule has 1 unspecified atom stereocenters. The van der Waals surface area contributed by atoms with E-state index in [1.807, 2.05) is 13.0 Å². The van der Waals surface area contributed by atoms with E-state index in [2.05, 4.69) is 15.4 Å². The van der Waals surface area contributed by atoms with Crippen molar-refractivity contribution in [3.8, 4) is 5.69 Å². The lowest BCUT2D eigenvalue weighted by molar-refractivity contribution is 0.0323. The predicted molar refractivity (Wildman–Crippen MR) is 91.4 cm³/mol. The van der Waals surface area contributed by atoms with Gasteiger partial charge in [0.25, 0.3) is 5.91 Å². The SMILES string of the molecule is Cc1ccc(C(C)(O)CNC(=O)c2ccc(-n3cncn3)cc2C)o1. The Morgan fingerprint density at radius 1 is 1.32 bits per heavy atom. The Hall–Kier alpha value is -2.93. The minimum atomic E-state index is -1.28. The van der Waals surface area contributed by atoms with Crippen LogP contribution in [0.15, 0.2) is 47.4 Å². The summed E-state index contributed by atoms with van der Waals surface area (Å²) in [6.07, 6.45) is 3.05. The van der Waals surface area contributed by atoms with E-state index in [1.54, 1.807) is 49.1 Å². The Kier molecular flexibility index (Phi) is 4.41. The van der Waals surface area contributed by atoms with E-state index in [0.717, 1.165) is 11.3 Å². The van der Waals surface area contributed by atoms with Crippen molar-refractivity contribution in [2.45, 2.75) is 26.4 Å². The zero-order valence-corrected chi connectivity index (χ0v) is 14.4. The predicted octanol–water partition coefficient (Wildman–Crippen LogP) is 2.11. The number of amides is 1. The first-order valence-electron chi connectivity index (χ1n) is 7.90. The van der Waals surface area contributed by atoms with Crippen LogP contribution in [0.25, 0.3) is 5.69 Å². The fraction of sp³-hybridized carbons (Fsp3) is 0.278. The molecule has 0 fully saturated rings. The van der Waals surface area contributed by atoms with Gasteiger partial charge in [-0.3, -0.25) is 4.79 Å². The number of aryl methyl sites for hydroxylation is 2. The normalized spacial score (nSPS) is 13.4. The van der Waals surface area contributed by atoms with E-state index in [4.69, 9.17) is 4.42 Å². The molecule has 3 aromatic rings. The molecule has 0 saturated heterocycles. The molecule has 1 atom stereocenters. The largest absolute Gasteiger partial charge is 0.463 e. The molecule has 0 aliphatic heterocycles. The van der Waals surface area contributed by atoms with Gasteiger partial charge in [-0.15, -0.1) is 0 Å². The summed E-state index contributed by atoms with van der Waals surface area (Å²) in [4.78, 5) is 16.4. The molecule has 2 aromatic heterocycles. The summed E-state index contributed by atoms with van der Waals surface area (Å²) in [5, 5.41) is 17.3. The van der Waals surface area contributed by atoms with Gasteiger partial charge in [-0.25, -0.2) is 9.67 Å². The van der Waals surface area contributed by atoms with E-state index < -0.39 is 5.60 Å². The highest BCUT2D eigenvalue weighted by Gasteiger charge is 2.27. The fourth-order valence-electron chi connectivity index (χ4n) is 2.55. The molecule has 7 nitrogen and oxygen atoms in total. The van der Waals surface area contributed by atoms with E-state index >= 15 is 0 Å². The number of carbonyl (C=O) groups is 1. The average molecular weight is 340 g/mol. The van der Waals surface area contributed by atoms with Gasteiger partial charge in [0.05, 0.1) is 12.2 Å². The Bertz CT molecular complexity index is 882. The maximum absolute atomic E-state index is 12.5. The van der Waals surface area contributed by atoms with E-state index in [1.165, 1.54) is 6.33 Å². The highest BCUT2D eigenvalue weighted by molar-refractivity contribution is 5.95. The van der Waals surface area contributed by atoms with Crippen LogP contribution in [0, 0.1) is 13.8 Å². The first-order chi connectivity index (χ1) is 11.9. The monoisotopic (exact) mass is 340 g/mol. The van der Waals surface area contributed by atoms with Crippen molar-refractivity contribution in [1.29, 1.82) is 0 Å². The number of nitrogens with zero attached hydrogens (tertiary/aromatic N) is 3. The molecule has 130 valence electrons. The molecular weight excluding hydrogens is 320 g/mol. The number of carbonyl (C=O) groups excluding carboxylic acids is 1. The molecular formula is C18H20N4O3. The number of benzene rings is 1. The molecule has 1 aromatic carbocycles. The van der Waals surface area contributed by atoms with Crippen LogP contribution in [-0.2, 0) is 5.60 Å². The first-order valence-corrected chi connectivity index (χ1v) is 7.90. The Morgan fingerprint density at radius 2 is 2.12 bits per heavy atom. The van der Waals surface area contributed by atoms with Crippen molar-refractivity contribution in [3.05, 3.63) is 65.6 Å². The van der Waals surface area contributed by atoms with Gasteiger partial charge in [-0.05, 0) is 56.7 Å². The second-order valence-electron chi connectivity index (χ2n) is 6.21. The molecule has 0 saturated carbocycles. The minimum Gasteiger partial charge on any atom is -0.463 e. The van der Waals surface area contributed by atoms with Crippen LogP contribution in [0.5, 0.6) is 0 Å². The number of furan rings is 1. The van der Waals surface area contributed by atoms with Gasteiger partial charge in [0, 0.05) is 5.56 Å². The third kappa shape index (κ3) is 3.61. The van der Waals surface area contributed by atoms with Crippen LogP contribution in [0.2, 0.25) is 0 Å². The van der Waals surface area contributed by atoms with Crippen LogP contribution in [0.3, 0.4) is 0 Å². The lowest BCUT2D eigenvalue weighted by Crippen LogP contribution is -2.38. The number of nitrogens with one attached hydrogen (secondary N) is 1. The Balaban J connectivity index is 1.71. The van der Waals surface area contributed by atoms with Crippen LogP contribution in [0.1, 0.15) is 34.4 Å². The van der Waals surface area contributed by atoms with Crippen LogP contribution in [-0.4, -0.2) is 32.3 Å². The van der Waals surface area contributed by atoms with Crippen molar-refractivity contribution in [1.82, 2.24) is 20.1 Å². The maximum Gasteiger partial charge on any atom is 0.251 e. The van der Waals surface area contributed by atoms with Crippen LogP contribution >= 0.6 is 0 Å². The Morgan fingerprint density at radius 3 is 2.72 bits per heavy atom. The van der Waals surface area contributed by atoms with Gasteiger partial charge in [0.1, 0.15) is 29.8 Å². The van der Waals surface area contributed by atoms with Gasteiger partial charge in [-0.2, -0.15) is 5.10 Å². The molecule has 1 amide bonds. The number of aliphatic hydroxyl groups is 1. The standard InChI is InChI=1S/C18H20N4O3/c1-12-8-14(22-11-19-10-21-22)5-6-15(12)17(23)20-9-18(3,24)16-7-4-13(2)25-16/h4-8,10-11,24H,9H2,1-3H3,(H,20,23).